The molecule has 0 amide bonds. The van der Waals surface area contributed by atoms with Gasteiger partial charge in [-0.2, -0.15) is 0 Å². The maximum atomic E-state index is 13.8. The van der Waals surface area contributed by atoms with E-state index < -0.39 is 0 Å². The highest BCUT2D eigenvalue weighted by molar-refractivity contribution is 7.99. The van der Waals surface area contributed by atoms with E-state index >= 15 is 0 Å². The largest absolute Gasteiger partial charge is 0.378 e. The minimum Gasteiger partial charge on any atom is -0.378 e. The standard InChI is InChI=1S/C16H15F2NS/c1-10-5-6-11(17)9-15(10)19-14-7-8-20-16-12(14)3-2-4-13(16)18/h2-6,9,14,19H,7-8H2,1H3. The zero-order chi connectivity index (χ0) is 14.1. The molecule has 0 saturated carbocycles. The summed E-state index contributed by atoms with van der Waals surface area (Å²) in [7, 11) is 0. The molecule has 4 heteroatoms. The summed E-state index contributed by atoms with van der Waals surface area (Å²) in [6.07, 6.45) is 0.900. The normalized spacial score (nSPS) is 17.6. The number of halogens is 2. The number of hydrogen-bond acceptors (Lipinski definition) is 2. The Bertz CT molecular complexity index is 642. The highest BCUT2D eigenvalue weighted by atomic mass is 32.2. The van der Waals surface area contributed by atoms with Crippen molar-refractivity contribution < 1.29 is 8.78 Å². The van der Waals surface area contributed by atoms with Gasteiger partial charge in [-0.25, -0.2) is 8.78 Å². The molecule has 20 heavy (non-hydrogen) atoms. The van der Waals surface area contributed by atoms with Crippen LogP contribution in [0.5, 0.6) is 0 Å². The second-order valence-electron chi connectivity index (χ2n) is 4.95. The third kappa shape index (κ3) is 2.52. The molecule has 0 fully saturated rings. The van der Waals surface area contributed by atoms with Gasteiger partial charge in [0.05, 0.1) is 6.04 Å². The van der Waals surface area contributed by atoms with E-state index in [2.05, 4.69) is 5.32 Å². The minimum atomic E-state index is -0.261. The van der Waals surface area contributed by atoms with Gasteiger partial charge in [0, 0.05) is 16.3 Å². The Balaban J connectivity index is 1.94. The van der Waals surface area contributed by atoms with Crippen molar-refractivity contribution in [3.63, 3.8) is 0 Å². The number of hydrogen-bond donors (Lipinski definition) is 1. The van der Waals surface area contributed by atoms with E-state index in [0.717, 1.165) is 29.0 Å². The van der Waals surface area contributed by atoms with E-state index in [1.807, 2.05) is 13.0 Å². The summed E-state index contributed by atoms with van der Waals surface area (Å²) in [6, 6.07) is 9.89. The molecule has 104 valence electrons. The van der Waals surface area contributed by atoms with Gasteiger partial charge in [-0.15, -0.1) is 11.8 Å². The van der Waals surface area contributed by atoms with Gasteiger partial charge in [0.25, 0.3) is 0 Å². The van der Waals surface area contributed by atoms with Crippen LogP contribution in [0.2, 0.25) is 0 Å². The summed E-state index contributed by atoms with van der Waals surface area (Å²) in [5, 5.41) is 3.35. The van der Waals surface area contributed by atoms with Crippen LogP contribution in [-0.4, -0.2) is 5.75 Å². The molecule has 0 aromatic heterocycles. The Labute approximate surface area is 121 Å². The quantitative estimate of drug-likeness (QED) is 0.842. The second kappa shape index (κ2) is 5.44. The second-order valence-corrected chi connectivity index (χ2v) is 6.06. The number of benzene rings is 2. The average molecular weight is 291 g/mol. The molecule has 1 N–H and O–H groups in total. The van der Waals surface area contributed by atoms with Gasteiger partial charge in [0.1, 0.15) is 11.6 Å². The molecular formula is C16H15F2NS. The van der Waals surface area contributed by atoms with Gasteiger partial charge < -0.3 is 5.32 Å². The molecule has 2 aromatic carbocycles. The van der Waals surface area contributed by atoms with Crippen LogP contribution in [0.4, 0.5) is 14.5 Å². The number of anilines is 1. The first-order valence-electron chi connectivity index (χ1n) is 6.59. The summed E-state index contributed by atoms with van der Waals surface area (Å²) >= 11 is 1.55. The van der Waals surface area contributed by atoms with Crippen LogP contribution in [0.25, 0.3) is 0 Å². The topological polar surface area (TPSA) is 12.0 Å². The third-order valence-corrected chi connectivity index (χ3v) is 4.71. The number of rotatable bonds is 2. The van der Waals surface area contributed by atoms with Crippen molar-refractivity contribution in [2.45, 2.75) is 24.3 Å². The van der Waals surface area contributed by atoms with Gasteiger partial charge >= 0.3 is 0 Å². The van der Waals surface area contributed by atoms with E-state index in [1.54, 1.807) is 23.9 Å². The van der Waals surface area contributed by atoms with Gasteiger partial charge in [0.15, 0.2) is 0 Å². The summed E-state index contributed by atoms with van der Waals surface area (Å²) in [6.45, 7) is 1.94. The number of aryl methyl sites for hydroxylation is 1. The van der Waals surface area contributed by atoms with Crippen molar-refractivity contribution >= 4 is 17.4 Å². The van der Waals surface area contributed by atoms with Crippen LogP contribution < -0.4 is 5.32 Å². The molecule has 2 aromatic rings. The molecule has 1 aliphatic rings. The third-order valence-electron chi connectivity index (χ3n) is 3.56. The van der Waals surface area contributed by atoms with Crippen LogP contribution in [0.15, 0.2) is 41.3 Å². The van der Waals surface area contributed by atoms with E-state index in [0.29, 0.717) is 4.90 Å². The Hall–Kier alpha value is -1.55. The fourth-order valence-electron chi connectivity index (χ4n) is 2.47. The van der Waals surface area contributed by atoms with E-state index in [1.165, 1.54) is 18.2 Å². The van der Waals surface area contributed by atoms with Gasteiger partial charge in [0.2, 0.25) is 0 Å². The number of fused-ring (bicyclic) bond motifs is 1. The molecule has 0 bridgehead atoms. The zero-order valence-corrected chi connectivity index (χ0v) is 11.9. The first-order chi connectivity index (χ1) is 9.65. The van der Waals surface area contributed by atoms with Crippen molar-refractivity contribution in [2.75, 3.05) is 11.1 Å². The lowest BCUT2D eigenvalue weighted by molar-refractivity contribution is 0.584. The summed E-state index contributed by atoms with van der Waals surface area (Å²) in [5.74, 6) is 0.428. The Kier molecular flexibility index (Phi) is 3.66. The SMILES string of the molecule is Cc1ccc(F)cc1NC1CCSc2c(F)cccc21. The van der Waals surface area contributed by atoms with Crippen LogP contribution in [0.3, 0.4) is 0 Å². The highest BCUT2D eigenvalue weighted by Gasteiger charge is 2.23. The van der Waals surface area contributed by atoms with Crippen LogP contribution in [-0.2, 0) is 0 Å². The van der Waals surface area contributed by atoms with Crippen LogP contribution in [0, 0.1) is 18.6 Å². The average Bonchev–Trinajstić information content (AvgIpc) is 2.44. The Morgan fingerprint density at radius 1 is 1.20 bits per heavy atom. The minimum absolute atomic E-state index is 0.0300. The number of thioether (sulfide) groups is 1. The van der Waals surface area contributed by atoms with E-state index in [4.69, 9.17) is 0 Å². The molecule has 1 heterocycles. The fraction of sp³-hybridized carbons (Fsp3) is 0.250. The van der Waals surface area contributed by atoms with Crippen LogP contribution in [0.1, 0.15) is 23.6 Å². The zero-order valence-electron chi connectivity index (χ0n) is 11.1. The lowest BCUT2D eigenvalue weighted by Gasteiger charge is -2.27. The van der Waals surface area contributed by atoms with Crippen LogP contribution >= 0.6 is 11.8 Å². The van der Waals surface area contributed by atoms with Crippen molar-refractivity contribution in [2.24, 2.45) is 0 Å². The molecule has 0 saturated heterocycles. The monoisotopic (exact) mass is 291 g/mol. The fourth-order valence-corrected chi connectivity index (χ4v) is 3.61. The van der Waals surface area contributed by atoms with Gasteiger partial charge in [-0.05, 0) is 42.7 Å². The predicted octanol–water partition coefficient (Wildman–Crippen LogP) is 4.92. The molecule has 1 atom stereocenters. The lowest BCUT2D eigenvalue weighted by Crippen LogP contribution is -2.17. The Morgan fingerprint density at radius 3 is 2.90 bits per heavy atom. The Morgan fingerprint density at radius 2 is 2.05 bits per heavy atom. The van der Waals surface area contributed by atoms with Crippen molar-refractivity contribution in [3.05, 3.63) is 59.2 Å². The lowest BCUT2D eigenvalue weighted by atomic mass is 10.0. The molecule has 1 unspecified atom stereocenters. The van der Waals surface area contributed by atoms with Crippen molar-refractivity contribution in [1.82, 2.24) is 0 Å². The smallest absolute Gasteiger partial charge is 0.137 e. The molecule has 0 radical (unpaired) electrons. The maximum Gasteiger partial charge on any atom is 0.137 e. The van der Waals surface area contributed by atoms with Crippen molar-refractivity contribution in [1.29, 1.82) is 0 Å². The molecule has 1 aliphatic heterocycles. The molecule has 0 spiro atoms. The molecule has 3 rings (SSSR count). The van der Waals surface area contributed by atoms with Gasteiger partial charge in [-0.3, -0.25) is 0 Å². The summed E-state index contributed by atoms with van der Waals surface area (Å²) in [4.78, 5) is 0.713. The number of nitrogens with one attached hydrogen (secondary N) is 1. The summed E-state index contributed by atoms with van der Waals surface area (Å²) in [5.41, 5.74) is 2.73. The maximum absolute atomic E-state index is 13.8. The van der Waals surface area contributed by atoms with Gasteiger partial charge in [-0.1, -0.05) is 18.2 Å². The molecule has 0 aliphatic carbocycles. The molecular weight excluding hydrogens is 276 g/mol. The van der Waals surface area contributed by atoms with Crippen molar-refractivity contribution in [3.8, 4) is 0 Å². The first-order valence-corrected chi connectivity index (χ1v) is 7.57. The van der Waals surface area contributed by atoms with E-state index in [9.17, 15) is 8.78 Å². The first kappa shape index (κ1) is 13.4. The predicted molar refractivity (Wildman–Crippen MR) is 79.2 cm³/mol. The summed E-state index contributed by atoms with van der Waals surface area (Å²) < 4.78 is 27.2. The molecule has 1 nitrogen and oxygen atoms in total. The highest BCUT2D eigenvalue weighted by Crippen LogP contribution is 2.39. The van der Waals surface area contributed by atoms with E-state index in [-0.39, 0.29) is 17.7 Å².